The second-order valence-electron chi connectivity index (χ2n) is 10.4. The molecule has 6 aromatic rings. The fourth-order valence-electron chi connectivity index (χ4n) is 5.57. The molecule has 0 aliphatic carbocycles. The van der Waals surface area contributed by atoms with E-state index < -0.39 is 0 Å². The highest BCUT2D eigenvalue weighted by atomic mass is 32.1. The normalized spacial score (nSPS) is 12.2. The van der Waals surface area contributed by atoms with Gasteiger partial charge in [-0.05, 0) is 65.1 Å². The van der Waals surface area contributed by atoms with Gasteiger partial charge in [0.25, 0.3) is 5.56 Å². The first-order valence-corrected chi connectivity index (χ1v) is 14.6. The number of methoxy groups -OCH3 is 2. The molecule has 0 bridgehead atoms. The van der Waals surface area contributed by atoms with Gasteiger partial charge in [-0.3, -0.25) is 9.36 Å². The van der Waals surface area contributed by atoms with Gasteiger partial charge in [0.05, 0.1) is 30.9 Å². The summed E-state index contributed by atoms with van der Waals surface area (Å²) >= 11 is 1.33. The van der Waals surface area contributed by atoms with E-state index in [0.29, 0.717) is 62.0 Å². The number of aromatic hydroxyl groups is 1. The summed E-state index contributed by atoms with van der Waals surface area (Å²) in [6.07, 6.45) is 1.02. The zero-order valence-electron chi connectivity index (χ0n) is 23.6. The summed E-state index contributed by atoms with van der Waals surface area (Å²) in [6.45, 7) is 0.459. The molecule has 9 heteroatoms. The number of nitrogens with zero attached hydrogens (tertiary/aromatic N) is 2. The highest BCUT2D eigenvalue weighted by Gasteiger charge is 2.21. The molecule has 1 aliphatic heterocycles. The molecule has 0 saturated carbocycles. The molecule has 216 valence electrons. The van der Waals surface area contributed by atoms with Crippen LogP contribution in [0.25, 0.3) is 20.3 Å². The van der Waals surface area contributed by atoms with Crippen LogP contribution in [0.4, 0.5) is 0 Å². The number of phenolic OH excluding ortho intramolecular Hbond substituents is 1. The van der Waals surface area contributed by atoms with Crippen LogP contribution in [-0.4, -0.2) is 35.7 Å². The number of hydrogen-bond donors (Lipinski definition) is 1. The lowest BCUT2D eigenvalue weighted by Gasteiger charge is -2.14. The monoisotopic (exact) mass is 592 g/mol. The van der Waals surface area contributed by atoms with Gasteiger partial charge in [-0.15, -0.1) is 11.3 Å². The molecule has 0 amide bonds. The van der Waals surface area contributed by atoms with Crippen molar-refractivity contribution in [3.8, 4) is 28.7 Å². The third-order valence-corrected chi connectivity index (χ3v) is 8.77. The molecule has 2 aromatic heterocycles. The van der Waals surface area contributed by atoms with Gasteiger partial charge in [0.2, 0.25) is 6.79 Å². The molecular weight excluding hydrogens is 564 g/mol. The van der Waals surface area contributed by atoms with E-state index in [2.05, 4.69) is 0 Å². The Bertz CT molecular complexity index is 2050. The van der Waals surface area contributed by atoms with Crippen molar-refractivity contribution in [3.63, 3.8) is 0 Å². The lowest BCUT2D eigenvalue weighted by atomic mass is 10.0. The van der Waals surface area contributed by atoms with Gasteiger partial charge in [-0.25, -0.2) is 4.98 Å². The molecule has 3 heterocycles. The van der Waals surface area contributed by atoms with E-state index in [9.17, 15) is 9.90 Å². The predicted molar refractivity (Wildman–Crippen MR) is 166 cm³/mol. The van der Waals surface area contributed by atoms with Crippen molar-refractivity contribution >= 4 is 31.6 Å². The molecule has 0 spiro atoms. The maximum Gasteiger partial charge on any atom is 0.263 e. The molecule has 0 unspecified atom stereocenters. The largest absolute Gasteiger partial charge is 0.506 e. The topological polar surface area (TPSA) is 92.0 Å². The van der Waals surface area contributed by atoms with Gasteiger partial charge < -0.3 is 24.1 Å². The molecule has 1 N–H and O–H groups in total. The van der Waals surface area contributed by atoms with Crippen molar-refractivity contribution in [2.24, 2.45) is 0 Å². The fourth-order valence-corrected chi connectivity index (χ4v) is 6.65. The average Bonchev–Trinajstić information content (AvgIpc) is 3.64. The van der Waals surface area contributed by atoms with Gasteiger partial charge in [0, 0.05) is 11.8 Å². The standard InChI is InChI=1S/C34H28N2O6S/c1-39-26-10-8-21(15-28(26)40-2)17-30-35-33-31(34(38)36(30)18-22-9-11-27-29(16-22)42-19-41-27)24-13-23(14-25(37)32(24)43-33)12-20-6-4-3-5-7-20/h3-11,13-16,37H,12,17-19H2,1-2H3. The van der Waals surface area contributed by atoms with Crippen LogP contribution in [0.3, 0.4) is 0 Å². The SMILES string of the molecule is COc1ccc(Cc2nc3sc4c(O)cc(Cc5ccccc5)cc4c3c(=O)n2Cc2ccc3c(c2)OCO3)cc1OC. The average molecular weight is 593 g/mol. The zero-order chi connectivity index (χ0) is 29.5. The van der Waals surface area contributed by atoms with Crippen LogP contribution in [0.1, 0.15) is 28.1 Å². The van der Waals surface area contributed by atoms with Gasteiger partial charge in [0.15, 0.2) is 23.0 Å². The van der Waals surface area contributed by atoms with Gasteiger partial charge in [0.1, 0.15) is 16.4 Å². The lowest BCUT2D eigenvalue weighted by Crippen LogP contribution is -2.26. The zero-order valence-corrected chi connectivity index (χ0v) is 24.4. The summed E-state index contributed by atoms with van der Waals surface area (Å²) in [7, 11) is 3.19. The van der Waals surface area contributed by atoms with E-state index in [1.54, 1.807) is 24.9 Å². The third-order valence-electron chi connectivity index (χ3n) is 7.65. The van der Waals surface area contributed by atoms with Crippen LogP contribution in [0.2, 0.25) is 0 Å². The molecule has 7 rings (SSSR count). The maximum atomic E-state index is 14.4. The molecule has 0 radical (unpaired) electrons. The summed E-state index contributed by atoms with van der Waals surface area (Å²) in [6, 6.07) is 25.2. The Morgan fingerprint density at radius 1 is 0.837 bits per heavy atom. The van der Waals surface area contributed by atoms with Gasteiger partial charge in [-0.1, -0.05) is 42.5 Å². The van der Waals surface area contributed by atoms with Crippen molar-refractivity contribution in [1.82, 2.24) is 9.55 Å². The van der Waals surface area contributed by atoms with E-state index in [-0.39, 0.29) is 24.6 Å². The van der Waals surface area contributed by atoms with Crippen LogP contribution in [0.15, 0.2) is 83.7 Å². The van der Waals surface area contributed by atoms with Crippen LogP contribution in [0, 0.1) is 0 Å². The Labute approximate surface area is 251 Å². The number of hydrogen-bond acceptors (Lipinski definition) is 8. The smallest absolute Gasteiger partial charge is 0.263 e. The number of ether oxygens (including phenoxy) is 4. The number of thiophene rings is 1. The molecular formula is C34H28N2O6S. The van der Waals surface area contributed by atoms with Crippen molar-refractivity contribution in [3.05, 3.63) is 117 Å². The van der Waals surface area contributed by atoms with Gasteiger partial charge >= 0.3 is 0 Å². The molecule has 8 nitrogen and oxygen atoms in total. The van der Waals surface area contributed by atoms with E-state index in [0.717, 1.165) is 22.3 Å². The predicted octanol–water partition coefficient (Wildman–Crippen LogP) is 6.29. The van der Waals surface area contributed by atoms with Crippen LogP contribution >= 0.6 is 11.3 Å². The molecule has 4 aromatic carbocycles. The number of rotatable bonds is 8. The minimum absolute atomic E-state index is 0.148. The Kier molecular flexibility index (Phi) is 6.87. The minimum Gasteiger partial charge on any atom is -0.506 e. The quantitative estimate of drug-likeness (QED) is 0.222. The van der Waals surface area contributed by atoms with Crippen LogP contribution < -0.4 is 24.5 Å². The molecule has 0 saturated heterocycles. The molecule has 0 atom stereocenters. The number of fused-ring (bicyclic) bond motifs is 4. The fraction of sp³-hybridized carbons (Fsp3) is 0.176. The second kappa shape index (κ2) is 11.0. The molecule has 1 aliphatic rings. The van der Waals surface area contributed by atoms with Crippen molar-refractivity contribution in [1.29, 1.82) is 0 Å². The number of benzene rings is 4. The summed E-state index contributed by atoms with van der Waals surface area (Å²) in [5.74, 6) is 3.30. The highest BCUT2D eigenvalue weighted by molar-refractivity contribution is 7.25. The highest BCUT2D eigenvalue weighted by Crippen LogP contribution is 2.39. The van der Waals surface area contributed by atoms with Crippen LogP contribution in [-0.2, 0) is 19.4 Å². The summed E-state index contributed by atoms with van der Waals surface area (Å²) < 4.78 is 24.4. The van der Waals surface area contributed by atoms with E-state index in [1.165, 1.54) is 11.3 Å². The van der Waals surface area contributed by atoms with Gasteiger partial charge in [-0.2, -0.15) is 0 Å². The van der Waals surface area contributed by atoms with E-state index >= 15 is 0 Å². The Morgan fingerprint density at radius 2 is 1.63 bits per heavy atom. The molecule has 43 heavy (non-hydrogen) atoms. The number of aromatic nitrogens is 2. The first-order chi connectivity index (χ1) is 21.0. The third kappa shape index (κ3) is 5.02. The van der Waals surface area contributed by atoms with Crippen molar-refractivity contribution in [2.75, 3.05) is 21.0 Å². The Hall–Kier alpha value is -5.02. The lowest BCUT2D eigenvalue weighted by molar-refractivity contribution is 0.174. The van der Waals surface area contributed by atoms with E-state index in [4.69, 9.17) is 23.9 Å². The Balaban J connectivity index is 1.38. The second-order valence-corrected chi connectivity index (χ2v) is 11.4. The summed E-state index contributed by atoms with van der Waals surface area (Å²) in [4.78, 5) is 20.0. The van der Waals surface area contributed by atoms with Crippen molar-refractivity contribution < 1.29 is 24.1 Å². The first-order valence-electron chi connectivity index (χ1n) is 13.8. The molecule has 0 fully saturated rings. The maximum absolute atomic E-state index is 14.4. The summed E-state index contributed by atoms with van der Waals surface area (Å²) in [5, 5.41) is 12.3. The van der Waals surface area contributed by atoms with Crippen molar-refractivity contribution in [2.45, 2.75) is 19.4 Å². The Morgan fingerprint density at radius 3 is 2.44 bits per heavy atom. The minimum atomic E-state index is -0.166. The van der Waals surface area contributed by atoms with Crippen LogP contribution in [0.5, 0.6) is 28.7 Å². The van der Waals surface area contributed by atoms with E-state index in [1.807, 2.05) is 72.8 Å². The number of phenols is 1. The summed E-state index contributed by atoms with van der Waals surface area (Å²) in [5.41, 5.74) is 3.68. The first kappa shape index (κ1) is 26.9.